The monoisotopic (exact) mass is 292 g/mol. The molecule has 1 saturated heterocycles. The Bertz CT molecular complexity index is 515. The molecule has 0 aliphatic carbocycles. The number of anilines is 1. The summed E-state index contributed by atoms with van der Waals surface area (Å²) in [5, 5.41) is 12.4. The van der Waals surface area contributed by atoms with Gasteiger partial charge in [0.15, 0.2) is 0 Å². The summed E-state index contributed by atoms with van der Waals surface area (Å²) in [5.41, 5.74) is 1.54. The van der Waals surface area contributed by atoms with Crippen LogP contribution in [-0.4, -0.2) is 36.3 Å². The van der Waals surface area contributed by atoms with Crippen molar-refractivity contribution >= 4 is 17.7 Å². The van der Waals surface area contributed by atoms with E-state index in [9.17, 15) is 14.7 Å². The van der Waals surface area contributed by atoms with E-state index in [1.807, 2.05) is 6.92 Å². The van der Waals surface area contributed by atoms with Crippen molar-refractivity contribution in [1.29, 1.82) is 0 Å². The average molecular weight is 292 g/mol. The highest BCUT2D eigenvalue weighted by atomic mass is 16.6. The second-order valence-corrected chi connectivity index (χ2v) is 5.07. The van der Waals surface area contributed by atoms with Gasteiger partial charge in [-0.1, -0.05) is 19.1 Å². The molecule has 0 aromatic heterocycles. The first-order valence-electron chi connectivity index (χ1n) is 7.02. The van der Waals surface area contributed by atoms with Gasteiger partial charge in [0.2, 0.25) is 5.91 Å². The van der Waals surface area contributed by atoms with Crippen molar-refractivity contribution in [2.75, 3.05) is 18.0 Å². The van der Waals surface area contributed by atoms with Crippen molar-refractivity contribution < 1.29 is 19.4 Å². The molecule has 0 saturated carbocycles. The maximum absolute atomic E-state index is 11.8. The number of ether oxygens (including phenoxy) is 1. The zero-order valence-corrected chi connectivity index (χ0v) is 12.2. The predicted octanol–water partition coefficient (Wildman–Crippen LogP) is 1.59. The van der Waals surface area contributed by atoms with Gasteiger partial charge in [0, 0.05) is 12.6 Å². The van der Waals surface area contributed by atoms with Crippen LogP contribution in [-0.2, 0) is 9.53 Å². The summed E-state index contributed by atoms with van der Waals surface area (Å²) in [5.74, 6) is -0.151. The molecule has 6 heteroatoms. The maximum atomic E-state index is 11.8. The molecule has 0 bridgehead atoms. The summed E-state index contributed by atoms with van der Waals surface area (Å²) in [7, 11) is 0. The van der Waals surface area contributed by atoms with Crippen LogP contribution in [0.4, 0.5) is 10.5 Å². The van der Waals surface area contributed by atoms with Crippen LogP contribution in [0, 0.1) is 0 Å². The Labute approximate surface area is 123 Å². The highest BCUT2D eigenvalue weighted by Gasteiger charge is 2.32. The standard InChI is InChI=1S/C15H20N2O4/c1-3-14(19)11-4-6-12(7-5-11)17-9-13(21-15(17)20)8-16-10(2)18/h4-7,13-14,19H,3,8-9H2,1-2H3,(H,16,18)/t13-,14?/m0/s1. The summed E-state index contributed by atoms with van der Waals surface area (Å²) >= 11 is 0. The minimum Gasteiger partial charge on any atom is -0.442 e. The number of benzene rings is 1. The van der Waals surface area contributed by atoms with Gasteiger partial charge in [-0.3, -0.25) is 9.69 Å². The molecule has 114 valence electrons. The average Bonchev–Trinajstić information content (AvgIpc) is 2.85. The molecule has 1 aromatic carbocycles. The van der Waals surface area contributed by atoms with Crippen LogP contribution in [0.15, 0.2) is 24.3 Å². The largest absolute Gasteiger partial charge is 0.442 e. The number of nitrogens with one attached hydrogen (secondary N) is 1. The van der Waals surface area contributed by atoms with Crippen molar-refractivity contribution in [3.05, 3.63) is 29.8 Å². The highest BCUT2D eigenvalue weighted by Crippen LogP contribution is 2.24. The number of carbonyl (C=O) groups is 2. The van der Waals surface area contributed by atoms with E-state index in [4.69, 9.17) is 4.74 Å². The Morgan fingerprint density at radius 3 is 2.71 bits per heavy atom. The van der Waals surface area contributed by atoms with Gasteiger partial charge in [-0.05, 0) is 24.1 Å². The number of rotatable bonds is 5. The van der Waals surface area contributed by atoms with Gasteiger partial charge in [0.25, 0.3) is 0 Å². The molecule has 2 atom stereocenters. The van der Waals surface area contributed by atoms with Gasteiger partial charge in [0.1, 0.15) is 6.10 Å². The van der Waals surface area contributed by atoms with E-state index in [2.05, 4.69) is 5.32 Å². The number of carbonyl (C=O) groups excluding carboxylic acids is 2. The first kappa shape index (κ1) is 15.3. The number of amides is 2. The van der Waals surface area contributed by atoms with Gasteiger partial charge in [-0.2, -0.15) is 0 Å². The maximum Gasteiger partial charge on any atom is 0.414 e. The lowest BCUT2D eigenvalue weighted by atomic mass is 10.1. The second kappa shape index (κ2) is 6.58. The zero-order chi connectivity index (χ0) is 15.4. The minimum absolute atomic E-state index is 0.151. The molecule has 1 fully saturated rings. The summed E-state index contributed by atoms with van der Waals surface area (Å²) in [4.78, 5) is 24.2. The fourth-order valence-corrected chi connectivity index (χ4v) is 2.21. The van der Waals surface area contributed by atoms with Crippen LogP contribution in [0.3, 0.4) is 0 Å². The van der Waals surface area contributed by atoms with Crippen LogP contribution in [0.1, 0.15) is 31.9 Å². The van der Waals surface area contributed by atoms with Gasteiger partial charge in [-0.15, -0.1) is 0 Å². The van der Waals surface area contributed by atoms with E-state index in [1.165, 1.54) is 11.8 Å². The molecular weight excluding hydrogens is 272 g/mol. The minimum atomic E-state index is -0.489. The van der Waals surface area contributed by atoms with Crippen LogP contribution in [0.25, 0.3) is 0 Å². The molecule has 2 amide bonds. The van der Waals surface area contributed by atoms with Crippen molar-refractivity contribution in [2.24, 2.45) is 0 Å². The quantitative estimate of drug-likeness (QED) is 0.864. The Balaban J connectivity index is 2.01. The molecule has 21 heavy (non-hydrogen) atoms. The van der Waals surface area contributed by atoms with Crippen LogP contribution < -0.4 is 10.2 Å². The molecule has 0 radical (unpaired) electrons. The summed E-state index contributed by atoms with van der Waals surface area (Å²) < 4.78 is 5.20. The number of hydrogen-bond donors (Lipinski definition) is 2. The molecule has 1 aliphatic rings. The molecule has 1 unspecified atom stereocenters. The lowest BCUT2D eigenvalue weighted by Gasteiger charge is -2.15. The van der Waals surface area contributed by atoms with Crippen LogP contribution in [0.2, 0.25) is 0 Å². The summed E-state index contributed by atoms with van der Waals surface area (Å²) in [6, 6.07) is 7.18. The SMILES string of the molecule is CCC(O)c1ccc(N2C[C@H](CNC(C)=O)OC2=O)cc1. The number of cyclic esters (lactones) is 1. The number of nitrogens with zero attached hydrogens (tertiary/aromatic N) is 1. The first-order valence-corrected chi connectivity index (χ1v) is 7.02. The van der Waals surface area contributed by atoms with E-state index in [1.54, 1.807) is 24.3 Å². The lowest BCUT2D eigenvalue weighted by Crippen LogP contribution is -2.33. The number of aliphatic hydroxyl groups excluding tert-OH is 1. The normalized spacial score (nSPS) is 19.3. The third kappa shape index (κ3) is 3.72. The molecule has 2 N–H and O–H groups in total. The lowest BCUT2D eigenvalue weighted by molar-refractivity contribution is -0.119. The first-order chi connectivity index (χ1) is 10.0. The molecule has 2 rings (SSSR count). The number of hydrogen-bond acceptors (Lipinski definition) is 4. The predicted molar refractivity (Wildman–Crippen MR) is 78.0 cm³/mol. The fraction of sp³-hybridized carbons (Fsp3) is 0.467. The third-order valence-corrected chi connectivity index (χ3v) is 3.43. The van der Waals surface area contributed by atoms with Gasteiger partial charge in [0.05, 0.1) is 19.2 Å². The van der Waals surface area contributed by atoms with Crippen molar-refractivity contribution in [2.45, 2.75) is 32.5 Å². The molecule has 1 aliphatic heterocycles. The Morgan fingerprint density at radius 2 is 2.14 bits per heavy atom. The van der Waals surface area contributed by atoms with Gasteiger partial charge >= 0.3 is 6.09 Å². The highest BCUT2D eigenvalue weighted by molar-refractivity contribution is 5.89. The Kier molecular flexibility index (Phi) is 4.80. The zero-order valence-electron chi connectivity index (χ0n) is 12.2. The molecule has 1 heterocycles. The smallest absolute Gasteiger partial charge is 0.414 e. The third-order valence-electron chi connectivity index (χ3n) is 3.43. The Hall–Kier alpha value is -2.08. The van der Waals surface area contributed by atoms with Crippen LogP contribution >= 0.6 is 0 Å². The fourth-order valence-electron chi connectivity index (χ4n) is 2.21. The van der Waals surface area contributed by atoms with E-state index >= 15 is 0 Å². The van der Waals surface area contributed by atoms with Gasteiger partial charge in [-0.25, -0.2) is 4.79 Å². The van der Waals surface area contributed by atoms with E-state index in [0.29, 0.717) is 19.5 Å². The van der Waals surface area contributed by atoms with Crippen molar-refractivity contribution in [3.63, 3.8) is 0 Å². The van der Waals surface area contributed by atoms with Crippen molar-refractivity contribution in [1.82, 2.24) is 5.32 Å². The van der Waals surface area contributed by atoms with E-state index in [0.717, 1.165) is 11.3 Å². The number of aliphatic hydroxyl groups is 1. The van der Waals surface area contributed by atoms with Crippen LogP contribution in [0.5, 0.6) is 0 Å². The molecule has 6 nitrogen and oxygen atoms in total. The van der Waals surface area contributed by atoms with Gasteiger partial charge < -0.3 is 15.2 Å². The summed E-state index contributed by atoms with van der Waals surface area (Å²) in [6.45, 7) is 4.04. The second-order valence-electron chi connectivity index (χ2n) is 5.07. The van der Waals surface area contributed by atoms with Crippen molar-refractivity contribution in [3.8, 4) is 0 Å². The molecular formula is C15H20N2O4. The summed E-state index contributed by atoms with van der Waals surface area (Å²) in [6.07, 6.45) is -0.613. The van der Waals surface area contributed by atoms with E-state index in [-0.39, 0.29) is 12.0 Å². The molecule has 1 aromatic rings. The topological polar surface area (TPSA) is 78.9 Å². The van der Waals surface area contributed by atoms with E-state index < -0.39 is 12.2 Å². The molecule has 0 spiro atoms. The Morgan fingerprint density at radius 1 is 1.48 bits per heavy atom.